The minimum absolute atomic E-state index is 0.0848. The highest BCUT2D eigenvalue weighted by atomic mass is 35.5. The lowest BCUT2D eigenvalue weighted by Gasteiger charge is -2.36. The van der Waals surface area contributed by atoms with Crippen LogP contribution in [0.15, 0.2) is 65.6 Å². The summed E-state index contributed by atoms with van der Waals surface area (Å²) in [6.07, 6.45) is -1.06. The zero-order valence-corrected chi connectivity index (χ0v) is 24.2. The molecule has 0 bridgehead atoms. The van der Waals surface area contributed by atoms with Crippen molar-refractivity contribution < 1.29 is 27.4 Å². The van der Waals surface area contributed by atoms with Gasteiger partial charge in [-0.05, 0) is 72.0 Å². The first-order chi connectivity index (χ1) is 18.4. The van der Waals surface area contributed by atoms with Crippen molar-refractivity contribution in [1.29, 1.82) is 0 Å². The molecule has 8 nitrogen and oxygen atoms in total. The van der Waals surface area contributed by atoms with E-state index in [1.807, 2.05) is 45.9 Å². The van der Waals surface area contributed by atoms with Crippen molar-refractivity contribution >= 4 is 33.2 Å². The number of sulfonamides is 1. The number of nitrogens with zero attached hydrogens (tertiary/aromatic N) is 1. The van der Waals surface area contributed by atoms with Crippen LogP contribution in [0.2, 0.25) is 5.02 Å². The normalized spacial score (nSPS) is 15.2. The molecule has 4 rings (SSSR count). The second-order valence-corrected chi connectivity index (χ2v) is 12.6. The molecular formula is C29H33ClN2O6S. The van der Waals surface area contributed by atoms with Gasteiger partial charge in [0.1, 0.15) is 23.9 Å². The van der Waals surface area contributed by atoms with Gasteiger partial charge in [-0.2, -0.15) is 0 Å². The van der Waals surface area contributed by atoms with Gasteiger partial charge >= 0.3 is 0 Å². The molecule has 0 unspecified atom stereocenters. The Morgan fingerprint density at radius 1 is 1.08 bits per heavy atom. The second-order valence-electron chi connectivity index (χ2n) is 10.3. The molecule has 10 heteroatoms. The smallest absolute Gasteiger partial charge is 0.264 e. The fraction of sp³-hybridized carbons (Fsp3) is 0.345. The summed E-state index contributed by atoms with van der Waals surface area (Å²) in [7, 11) is -2.50. The van der Waals surface area contributed by atoms with Crippen LogP contribution < -0.4 is 23.8 Å². The van der Waals surface area contributed by atoms with E-state index >= 15 is 0 Å². The van der Waals surface area contributed by atoms with Crippen LogP contribution in [0.25, 0.3) is 0 Å². The zero-order valence-electron chi connectivity index (χ0n) is 22.7. The average molecular weight is 573 g/mol. The number of hydrogen-bond donors (Lipinski definition) is 1. The number of benzene rings is 3. The van der Waals surface area contributed by atoms with Gasteiger partial charge in [0, 0.05) is 5.02 Å². The molecule has 1 heterocycles. The number of carbonyl (C=O) groups excluding carboxylic acids is 1. The molecule has 3 aromatic carbocycles. The molecule has 1 aliphatic heterocycles. The van der Waals surface area contributed by atoms with E-state index in [-0.39, 0.29) is 30.0 Å². The van der Waals surface area contributed by atoms with Crippen LogP contribution >= 0.6 is 11.6 Å². The Balaban J connectivity index is 1.55. The Labute approximate surface area is 234 Å². The molecule has 0 aromatic heterocycles. The van der Waals surface area contributed by atoms with Crippen LogP contribution in [0.3, 0.4) is 0 Å². The Bertz CT molecular complexity index is 1450. The van der Waals surface area contributed by atoms with Gasteiger partial charge in [-0.1, -0.05) is 44.5 Å². The number of hydrogen-bond acceptors (Lipinski definition) is 6. The zero-order chi connectivity index (χ0) is 28.4. The van der Waals surface area contributed by atoms with Crippen LogP contribution in [0.5, 0.6) is 17.2 Å². The van der Waals surface area contributed by atoms with Crippen molar-refractivity contribution in [2.45, 2.75) is 44.1 Å². The predicted molar refractivity (Wildman–Crippen MR) is 152 cm³/mol. The van der Waals surface area contributed by atoms with Gasteiger partial charge in [0.15, 0.2) is 6.10 Å². The molecule has 0 saturated carbocycles. The van der Waals surface area contributed by atoms with Crippen LogP contribution in [-0.2, 0) is 20.2 Å². The standard InChI is InChI=1S/C29H33ClN2O6S/c1-19-6-8-22(17-24(19)30)37-15-14-31-28(33)27-18-32(39(34,35)23-11-9-21(36-5)10-12-23)25-16-20(29(2,3)4)7-13-26(25)38-27/h6-13,16-17,27H,14-15,18H2,1-5H3,(H,31,33)/t27-/m0/s1. The third kappa shape index (κ3) is 6.42. The fourth-order valence-corrected chi connectivity index (χ4v) is 5.72. The number of nitrogens with one attached hydrogen (secondary N) is 1. The number of methoxy groups -OCH3 is 1. The summed E-state index contributed by atoms with van der Waals surface area (Å²) in [5, 5.41) is 3.38. The van der Waals surface area contributed by atoms with Gasteiger partial charge in [0.2, 0.25) is 0 Å². The first-order valence-electron chi connectivity index (χ1n) is 12.5. The van der Waals surface area contributed by atoms with Gasteiger partial charge in [-0.15, -0.1) is 0 Å². The summed E-state index contributed by atoms with van der Waals surface area (Å²) in [6.45, 7) is 8.26. The van der Waals surface area contributed by atoms with Crippen LogP contribution in [0.1, 0.15) is 31.9 Å². The topological polar surface area (TPSA) is 94.2 Å². The molecule has 3 aromatic rings. The van der Waals surface area contributed by atoms with Crippen LogP contribution in [0, 0.1) is 6.92 Å². The first-order valence-corrected chi connectivity index (χ1v) is 14.4. The number of halogens is 1. The summed E-state index contributed by atoms with van der Waals surface area (Å²) >= 11 is 6.14. The SMILES string of the molecule is COc1ccc(S(=O)(=O)N2C[C@@H](C(=O)NCCOc3ccc(C)c(Cl)c3)Oc3ccc(C(C)(C)C)cc32)cc1. The first kappa shape index (κ1) is 28.6. The molecule has 0 aliphatic carbocycles. The van der Waals surface area contributed by atoms with Gasteiger partial charge in [-0.3, -0.25) is 9.10 Å². The molecular weight excluding hydrogens is 540 g/mol. The van der Waals surface area contributed by atoms with E-state index in [1.165, 1.54) is 23.5 Å². The third-order valence-electron chi connectivity index (χ3n) is 6.45. The van der Waals surface area contributed by atoms with E-state index in [0.29, 0.717) is 28.0 Å². The number of anilines is 1. The molecule has 0 fully saturated rings. The molecule has 1 amide bonds. The van der Waals surface area contributed by atoms with Crippen molar-refractivity contribution in [1.82, 2.24) is 5.32 Å². The lowest BCUT2D eigenvalue weighted by molar-refractivity contribution is -0.127. The maximum atomic E-state index is 13.8. The monoisotopic (exact) mass is 572 g/mol. The van der Waals surface area contributed by atoms with E-state index in [2.05, 4.69) is 5.32 Å². The van der Waals surface area contributed by atoms with E-state index in [0.717, 1.165) is 11.1 Å². The van der Waals surface area contributed by atoms with Gasteiger partial charge < -0.3 is 19.5 Å². The molecule has 1 atom stereocenters. The number of carbonyl (C=O) groups is 1. The van der Waals surface area contributed by atoms with Crippen molar-refractivity contribution in [2.75, 3.05) is 31.1 Å². The van der Waals surface area contributed by atoms with Crippen molar-refractivity contribution in [2.24, 2.45) is 0 Å². The highest BCUT2D eigenvalue weighted by Gasteiger charge is 2.38. The maximum Gasteiger partial charge on any atom is 0.264 e. The number of ether oxygens (including phenoxy) is 3. The van der Waals surface area contributed by atoms with E-state index in [1.54, 1.807) is 30.3 Å². The molecule has 39 heavy (non-hydrogen) atoms. The third-order valence-corrected chi connectivity index (χ3v) is 8.65. The minimum atomic E-state index is -4.02. The number of aryl methyl sites for hydroxylation is 1. The van der Waals surface area contributed by atoms with Crippen LogP contribution in [-0.4, -0.2) is 47.2 Å². The Morgan fingerprint density at radius 3 is 2.41 bits per heavy atom. The Hall–Kier alpha value is -3.43. The van der Waals surface area contributed by atoms with Crippen molar-refractivity contribution in [3.8, 4) is 17.2 Å². The van der Waals surface area contributed by atoms with E-state index in [9.17, 15) is 13.2 Å². The second kappa shape index (κ2) is 11.4. The summed E-state index contributed by atoms with van der Waals surface area (Å²) in [6, 6.07) is 16.9. The molecule has 0 saturated heterocycles. The molecule has 0 spiro atoms. The van der Waals surface area contributed by atoms with Gasteiger partial charge in [0.25, 0.3) is 15.9 Å². The highest BCUT2D eigenvalue weighted by molar-refractivity contribution is 7.92. The highest BCUT2D eigenvalue weighted by Crippen LogP contribution is 2.40. The summed E-state index contributed by atoms with van der Waals surface area (Å²) in [4.78, 5) is 13.2. The maximum absolute atomic E-state index is 13.8. The largest absolute Gasteiger partial charge is 0.497 e. The predicted octanol–water partition coefficient (Wildman–Crippen LogP) is 5.11. The van der Waals surface area contributed by atoms with Gasteiger partial charge in [-0.25, -0.2) is 8.42 Å². The van der Waals surface area contributed by atoms with E-state index in [4.69, 9.17) is 25.8 Å². The lowest BCUT2D eigenvalue weighted by atomic mass is 9.86. The summed E-state index contributed by atoms with van der Waals surface area (Å²) in [5.41, 5.74) is 2.05. The average Bonchev–Trinajstić information content (AvgIpc) is 2.91. The fourth-order valence-electron chi connectivity index (χ4n) is 4.08. The number of fused-ring (bicyclic) bond motifs is 1. The van der Waals surface area contributed by atoms with Gasteiger partial charge in [0.05, 0.1) is 30.8 Å². The minimum Gasteiger partial charge on any atom is -0.497 e. The quantitative estimate of drug-likeness (QED) is 0.377. The number of amides is 1. The Kier molecular flexibility index (Phi) is 8.32. The molecule has 1 aliphatic rings. The van der Waals surface area contributed by atoms with Crippen molar-refractivity contribution in [3.05, 3.63) is 76.8 Å². The van der Waals surface area contributed by atoms with Crippen LogP contribution in [0.4, 0.5) is 5.69 Å². The number of rotatable bonds is 8. The molecule has 208 valence electrons. The molecule has 0 radical (unpaired) electrons. The summed E-state index contributed by atoms with van der Waals surface area (Å²) in [5.74, 6) is 1.01. The summed E-state index contributed by atoms with van der Waals surface area (Å²) < 4.78 is 45.7. The lowest BCUT2D eigenvalue weighted by Crippen LogP contribution is -2.51. The van der Waals surface area contributed by atoms with E-state index < -0.39 is 22.0 Å². The van der Waals surface area contributed by atoms with Crippen molar-refractivity contribution in [3.63, 3.8) is 0 Å². The Morgan fingerprint density at radius 2 is 1.77 bits per heavy atom. The molecule has 1 N–H and O–H groups in total.